The molecular formula is C16H20O2. The van der Waals surface area contributed by atoms with Gasteiger partial charge in [-0.3, -0.25) is 0 Å². The van der Waals surface area contributed by atoms with Crippen LogP contribution < -0.4 is 9.47 Å². The molecule has 0 unspecified atom stereocenters. The van der Waals surface area contributed by atoms with Crippen LogP contribution in [-0.2, 0) is 0 Å². The summed E-state index contributed by atoms with van der Waals surface area (Å²) in [5, 5.41) is 0. The van der Waals surface area contributed by atoms with E-state index in [1.807, 2.05) is 30.3 Å². The summed E-state index contributed by atoms with van der Waals surface area (Å²) in [6, 6.07) is 7.80. The van der Waals surface area contributed by atoms with Gasteiger partial charge in [-0.2, -0.15) is 0 Å². The van der Waals surface area contributed by atoms with Crippen molar-refractivity contribution in [2.24, 2.45) is 0 Å². The number of ether oxygens (including phenoxy) is 2. The second-order valence-electron chi connectivity index (χ2n) is 4.46. The molecule has 2 heteroatoms. The first-order valence-corrected chi connectivity index (χ1v) is 6.44. The Morgan fingerprint density at radius 3 is 2.83 bits per heavy atom. The van der Waals surface area contributed by atoms with E-state index in [1.165, 1.54) is 12.0 Å². The molecular weight excluding hydrogens is 224 g/mol. The molecule has 0 bridgehead atoms. The number of hydrogen-bond acceptors (Lipinski definition) is 2. The van der Waals surface area contributed by atoms with Crippen LogP contribution in [0.4, 0.5) is 0 Å². The van der Waals surface area contributed by atoms with E-state index in [4.69, 9.17) is 9.47 Å². The maximum absolute atomic E-state index is 6.10. The van der Waals surface area contributed by atoms with Gasteiger partial charge in [-0.15, -0.1) is 6.58 Å². The lowest BCUT2D eigenvalue weighted by Gasteiger charge is -2.25. The summed E-state index contributed by atoms with van der Waals surface area (Å²) in [7, 11) is 1.67. The van der Waals surface area contributed by atoms with Gasteiger partial charge in [-0.05, 0) is 43.4 Å². The highest BCUT2D eigenvalue weighted by atomic mass is 16.5. The molecule has 96 valence electrons. The average Bonchev–Trinajstić information content (AvgIpc) is 2.42. The SMILES string of the molecule is C=CCC1=CCCC[C@@H]1Oc1ccccc1OC. The third-order valence-corrected chi connectivity index (χ3v) is 3.21. The van der Waals surface area contributed by atoms with Crippen molar-refractivity contribution in [3.8, 4) is 11.5 Å². The van der Waals surface area contributed by atoms with Crippen molar-refractivity contribution >= 4 is 0 Å². The Balaban J connectivity index is 2.14. The van der Waals surface area contributed by atoms with E-state index in [0.29, 0.717) is 0 Å². The summed E-state index contributed by atoms with van der Waals surface area (Å²) < 4.78 is 11.4. The Labute approximate surface area is 109 Å². The third kappa shape index (κ3) is 2.95. The normalized spacial score (nSPS) is 18.9. The molecule has 0 fully saturated rings. The van der Waals surface area contributed by atoms with Gasteiger partial charge in [0.05, 0.1) is 7.11 Å². The van der Waals surface area contributed by atoms with Crippen LogP contribution in [0.15, 0.2) is 48.6 Å². The van der Waals surface area contributed by atoms with Crippen LogP contribution in [0.5, 0.6) is 11.5 Å². The number of benzene rings is 1. The monoisotopic (exact) mass is 244 g/mol. The lowest BCUT2D eigenvalue weighted by molar-refractivity contribution is 0.205. The van der Waals surface area contributed by atoms with Crippen molar-refractivity contribution in [2.75, 3.05) is 7.11 Å². The van der Waals surface area contributed by atoms with Crippen LogP contribution in [0.2, 0.25) is 0 Å². The van der Waals surface area contributed by atoms with E-state index >= 15 is 0 Å². The molecule has 18 heavy (non-hydrogen) atoms. The maximum Gasteiger partial charge on any atom is 0.162 e. The second kappa shape index (κ2) is 6.29. The summed E-state index contributed by atoms with van der Waals surface area (Å²) in [6.45, 7) is 3.81. The van der Waals surface area contributed by atoms with E-state index in [1.54, 1.807) is 7.11 Å². The van der Waals surface area contributed by atoms with Crippen LogP contribution in [0.3, 0.4) is 0 Å². The first-order chi connectivity index (χ1) is 8.85. The third-order valence-electron chi connectivity index (χ3n) is 3.21. The van der Waals surface area contributed by atoms with E-state index < -0.39 is 0 Å². The molecule has 0 N–H and O–H groups in total. The lowest BCUT2D eigenvalue weighted by atomic mass is 9.94. The van der Waals surface area contributed by atoms with Crippen LogP contribution >= 0.6 is 0 Å². The minimum atomic E-state index is 0.160. The van der Waals surface area contributed by atoms with Gasteiger partial charge in [0.25, 0.3) is 0 Å². The van der Waals surface area contributed by atoms with Gasteiger partial charge in [-0.25, -0.2) is 0 Å². The van der Waals surface area contributed by atoms with Crippen LogP contribution in [0.1, 0.15) is 25.7 Å². The number of allylic oxidation sites excluding steroid dienone is 2. The highest BCUT2D eigenvalue weighted by molar-refractivity contribution is 5.40. The fourth-order valence-electron chi connectivity index (χ4n) is 2.29. The van der Waals surface area contributed by atoms with Crippen LogP contribution in [0, 0.1) is 0 Å². The number of methoxy groups -OCH3 is 1. The molecule has 1 aliphatic rings. The van der Waals surface area contributed by atoms with Crippen molar-refractivity contribution < 1.29 is 9.47 Å². The first-order valence-electron chi connectivity index (χ1n) is 6.44. The van der Waals surface area contributed by atoms with Gasteiger partial charge >= 0.3 is 0 Å². The van der Waals surface area contributed by atoms with Crippen molar-refractivity contribution in [1.82, 2.24) is 0 Å². The van der Waals surface area contributed by atoms with Crippen molar-refractivity contribution in [3.05, 3.63) is 48.6 Å². The highest BCUT2D eigenvalue weighted by Gasteiger charge is 2.19. The molecule has 0 amide bonds. The molecule has 0 saturated heterocycles. The molecule has 0 radical (unpaired) electrons. The minimum absolute atomic E-state index is 0.160. The fourth-order valence-corrected chi connectivity index (χ4v) is 2.29. The van der Waals surface area contributed by atoms with E-state index in [9.17, 15) is 0 Å². The Hall–Kier alpha value is -1.70. The molecule has 2 rings (SSSR count). The molecule has 1 atom stereocenters. The predicted molar refractivity (Wildman–Crippen MR) is 74.2 cm³/mol. The largest absolute Gasteiger partial charge is 0.493 e. The van der Waals surface area contributed by atoms with Gasteiger partial charge in [0.1, 0.15) is 6.10 Å². The zero-order chi connectivity index (χ0) is 12.8. The summed E-state index contributed by atoms with van der Waals surface area (Å²) >= 11 is 0. The number of hydrogen-bond donors (Lipinski definition) is 0. The van der Waals surface area contributed by atoms with Gasteiger partial charge in [-0.1, -0.05) is 24.3 Å². The highest BCUT2D eigenvalue weighted by Crippen LogP contribution is 2.31. The molecule has 0 heterocycles. The maximum atomic E-state index is 6.10. The molecule has 0 spiro atoms. The zero-order valence-corrected chi connectivity index (χ0v) is 10.9. The second-order valence-corrected chi connectivity index (χ2v) is 4.46. The van der Waals surface area contributed by atoms with Gasteiger partial charge in [0.15, 0.2) is 11.5 Å². The Morgan fingerprint density at radius 2 is 2.11 bits per heavy atom. The Morgan fingerprint density at radius 1 is 1.33 bits per heavy atom. The summed E-state index contributed by atoms with van der Waals surface area (Å²) in [4.78, 5) is 0. The number of rotatable bonds is 5. The fraction of sp³-hybridized carbons (Fsp3) is 0.375. The van der Waals surface area contributed by atoms with Gasteiger partial charge in [0.2, 0.25) is 0 Å². The average molecular weight is 244 g/mol. The molecule has 2 nitrogen and oxygen atoms in total. The summed E-state index contributed by atoms with van der Waals surface area (Å²) in [5.41, 5.74) is 1.34. The molecule has 1 aromatic rings. The summed E-state index contributed by atoms with van der Waals surface area (Å²) in [5.74, 6) is 1.61. The molecule has 0 aromatic heterocycles. The smallest absolute Gasteiger partial charge is 0.162 e. The lowest BCUT2D eigenvalue weighted by Crippen LogP contribution is -2.22. The predicted octanol–water partition coefficient (Wildman–Crippen LogP) is 4.13. The molecule has 1 aromatic carbocycles. The van der Waals surface area contributed by atoms with E-state index in [2.05, 4.69) is 12.7 Å². The zero-order valence-electron chi connectivity index (χ0n) is 10.9. The van der Waals surface area contributed by atoms with Crippen LogP contribution in [0.25, 0.3) is 0 Å². The topological polar surface area (TPSA) is 18.5 Å². The minimum Gasteiger partial charge on any atom is -0.493 e. The van der Waals surface area contributed by atoms with Crippen molar-refractivity contribution in [2.45, 2.75) is 31.8 Å². The van der Waals surface area contributed by atoms with Crippen LogP contribution in [-0.4, -0.2) is 13.2 Å². The van der Waals surface area contributed by atoms with Gasteiger partial charge in [0, 0.05) is 0 Å². The van der Waals surface area contributed by atoms with Crippen molar-refractivity contribution in [1.29, 1.82) is 0 Å². The number of para-hydroxylation sites is 2. The first kappa shape index (κ1) is 12.7. The Kier molecular flexibility index (Phi) is 4.46. The molecule has 0 saturated carbocycles. The standard InChI is InChI=1S/C16H20O2/c1-3-8-13-9-4-5-10-14(13)18-16-12-7-6-11-15(16)17-2/h3,6-7,9,11-12,14H,1,4-5,8,10H2,2H3/t14-/m0/s1. The van der Waals surface area contributed by atoms with E-state index in [0.717, 1.165) is 30.8 Å². The quantitative estimate of drug-likeness (QED) is 0.725. The summed E-state index contributed by atoms with van der Waals surface area (Å²) in [6.07, 6.45) is 8.68. The van der Waals surface area contributed by atoms with Gasteiger partial charge < -0.3 is 9.47 Å². The Bertz CT molecular complexity index is 434. The van der Waals surface area contributed by atoms with E-state index in [-0.39, 0.29) is 6.10 Å². The van der Waals surface area contributed by atoms with Crippen molar-refractivity contribution in [3.63, 3.8) is 0 Å². The molecule has 1 aliphatic carbocycles. The molecule has 0 aliphatic heterocycles.